The molecule has 8 nitrogen and oxygen atoms in total. The van der Waals surface area contributed by atoms with Crippen LogP contribution in [0.4, 0.5) is 0 Å². The van der Waals surface area contributed by atoms with Gasteiger partial charge in [0.25, 0.3) is 11.5 Å². The van der Waals surface area contributed by atoms with E-state index in [1.807, 2.05) is 29.2 Å². The minimum absolute atomic E-state index is 0.0485. The molecule has 8 heteroatoms. The van der Waals surface area contributed by atoms with Crippen molar-refractivity contribution in [2.24, 2.45) is 7.05 Å². The maximum absolute atomic E-state index is 13.6. The number of likely N-dealkylation sites (tertiary alicyclic amines) is 1. The fraction of sp³-hybridized carbons (Fsp3) is 0.478. The molecule has 2 fully saturated rings. The summed E-state index contributed by atoms with van der Waals surface area (Å²) >= 11 is 0. The number of hydrogen-bond acceptors (Lipinski definition) is 5. The molecular formula is C23H28N4O4. The van der Waals surface area contributed by atoms with Crippen LogP contribution in [-0.2, 0) is 18.3 Å². The molecule has 0 spiro atoms. The first-order valence-corrected chi connectivity index (χ1v) is 10.8. The molecule has 3 heterocycles. The number of aromatic nitrogens is 2. The normalized spacial score (nSPS) is 23.5. The molecule has 2 amide bonds. The summed E-state index contributed by atoms with van der Waals surface area (Å²) in [7, 11) is 3.17. The summed E-state index contributed by atoms with van der Waals surface area (Å²) < 4.78 is 6.43. The zero-order valence-electron chi connectivity index (χ0n) is 17.9. The lowest BCUT2D eigenvalue weighted by atomic mass is 9.97. The molecule has 1 aromatic carbocycles. The molecule has 0 bridgehead atoms. The molecule has 164 valence electrons. The lowest BCUT2D eigenvalue weighted by Gasteiger charge is -2.33. The maximum atomic E-state index is 13.6. The van der Waals surface area contributed by atoms with Crippen molar-refractivity contribution in [3.05, 3.63) is 58.0 Å². The van der Waals surface area contributed by atoms with Crippen LogP contribution < -0.4 is 15.6 Å². The Balaban J connectivity index is 1.66. The third-order valence-corrected chi connectivity index (χ3v) is 6.29. The highest BCUT2D eigenvalue weighted by Gasteiger charge is 2.45. The Bertz CT molecular complexity index is 1020. The van der Waals surface area contributed by atoms with E-state index in [4.69, 9.17) is 4.74 Å². The van der Waals surface area contributed by atoms with E-state index >= 15 is 0 Å². The summed E-state index contributed by atoms with van der Waals surface area (Å²) in [4.78, 5) is 39.5. The lowest BCUT2D eigenvalue weighted by Crippen LogP contribution is -2.49. The number of rotatable bonds is 4. The maximum Gasteiger partial charge on any atom is 0.274 e. The van der Waals surface area contributed by atoms with Gasteiger partial charge in [-0.1, -0.05) is 18.6 Å². The second-order valence-electron chi connectivity index (χ2n) is 8.32. The minimum atomic E-state index is -0.260. The van der Waals surface area contributed by atoms with Gasteiger partial charge in [-0.3, -0.25) is 14.4 Å². The van der Waals surface area contributed by atoms with Crippen LogP contribution in [0.5, 0.6) is 5.75 Å². The highest BCUT2D eigenvalue weighted by atomic mass is 16.5. The Hall–Kier alpha value is -3.16. The number of ether oxygens (including phenoxy) is 1. The average molecular weight is 425 g/mol. The Kier molecular flexibility index (Phi) is 6.06. The number of amides is 2. The second kappa shape index (κ2) is 8.91. The fourth-order valence-corrected chi connectivity index (χ4v) is 4.72. The molecule has 0 saturated carbocycles. The summed E-state index contributed by atoms with van der Waals surface area (Å²) in [5, 5.41) is 7.33. The van der Waals surface area contributed by atoms with Crippen LogP contribution in [0.1, 0.15) is 48.2 Å². The number of fused-ring (bicyclic) bond motifs is 1. The molecule has 31 heavy (non-hydrogen) atoms. The van der Waals surface area contributed by atoms with E-state index in [1.165, 1.54) is 23.9 Å². The van der Waals surface area contributed by atoms with E-state index in [-0.39, 0.29) is 41.2 Å². The van der Waals surface area contributed by atoms with Crippen LogP contribution in [0.15, 0.2) is 41.2 Å². The molecule has 0 aliphatic carbocycles. The molecule has 1 aromatic heterocycles. The summed E-state index contributed by atoms with van der Waals surface area (Å²) in [6.07, 6.45) is 4.45. The van der Waals surface area contributed by atoms with Gasteiger partial charge in [-0.25, -0.2) is 4.68 Å². The first kappa shape index (κ1) is 21.1. The number of benzene rings is 1. The van der Waals surface area contributed by atoms with Crippen molar-refractivity contribution in [2.45, 2.75) is 56.7 Å². The second-order valence-corrected chi connectivity index (χ2v) is 8.32. The van der Waals surface area contributed by atoms with Gasteiger partial charge in [0.2, 0.25) is 5.91 Å². The smallest absolute Gasteiger partial charge is 0.274 e. The first-order valence-electron chi connectivity index (χ1n) is 10.8. The van der Waals surface area contributed by atoms with Gasteiger partial charge in [0, 0.05) is 25.6 Å². The van der Waals surface area contributed by atoms with Crippen LogP contribution >= 0.6 is 0 Å². The van der Waals surface area contributed by atoms with Crippen LogP contribution in [0, 0.1) is 0 Å². The predicted octanol–water partition coefficient (Wildman–Crippen LogP) is 1.67. The molecule has 0 unspecified atom stereocenters. The molecule has 2 aliphatic rings. The monoisotopic (exact) mass is 424 g/mol. The van der Waals surface area contributed by atoms with Crippen molar-refractivity contribution in [1.29, 1.82) is 0 Å². The van der Waals surface area contributed by atoms with Gasteiger partial charge in [0.05, 0.1) is 19.2 Å². The van der Waals surface area contributed by atoms with Crippen molar-refractivity contribution in [3.63, 3.8) is 0 Å². The quantitative estimate of drug-likeness (QED) is 0.806. The molecule has 0 radical (unpaired) electrons. The van der Waals surface area contributed by atoms with E-state index in [0.717, 1.165) is 30.6 Å². The number of nitrogens with zero attached hydrogens (tertiary/aromatic N) is 3. The highest BCUT2D eigenvalue weighted by Crippen LogP contribution is 2.33. The van der Waals surface area contributed by atoms with Crippen molar-refractivity contribution >= 4 is 11.8 Å². The van der Waals surface area contributed by atoms with Crippen molar-refractivity contribution in [2.75, 3.05) is 7.11 Å². The number of methoxy groups -OCH3 is 1. The minimum Gasteiger partial charge on any atom is -0.497 e. The number of carbonyl (C=O) groups is 2. The van der Waals surface area contributed by atoms with E-state index in [0.29, 0.717) is 19.3 Å². The van der Waals surface area contributed by atoms with Gasteiger partial charge < -0.3 is 15.0 Å². The first-order chi connectivity index (χ1) is 15.0. The zero-order valence-corrected chi connectivity index (χ0v) is 17.9. The van der Waals surface area contributed by atoms with Crippen molar-refractivity contribution in [1.82, 2.24) is 20.0 Å². The average Bonchev–Trinajstić information content (AvgIpc) is 3.07. The summed E-state index contributed by atoms with van der Waals surface area (Å²) in [5.41, 5.74) is 1.08. The Labute approximate surface area is 181 Å². The van der Waals surface area contributed by atoms with Gasteiger partial charge in [0.15, 0.2) is 0 Å². The zero-order chi connectivity index (χ0) is 22.0. The standard InChI is InChI=1S/C23H28N4O4/c1-26-22(29)12-11-18(25-26)23(30)27-16(13-15-7-9-17(31-2)10-8-15)14-19-20(27)5-3-4-6-21(28)24-19/h7-12,16,19-20H,3-6,13-14H2,1-2H3,(H,24,28)/t16-,19+,20-/m1/s1. The molecule has 2 aromatic rings. The Morgan fingerprint density at radius 1 is 1.16 bits per heavy atom. The molecule has 1 N–H and O–H groups in total. The fourth-order valence-electron chi connectivity index (χ4n) is 4.72. The van der Waals surface area contributed by atoms with Gasteiger partial charge in [-0.05, 0) is 49.4 Å². The molecule has 2 aliphatic heterocycles. The van der Waals surface area contributed by atoms with E-state index in [2.05, 4.69) is 10.4 Å². The van der Waals surface area contributed by atoms with Crippen LogP contribution in [0.2, 0.25) is 0 Å². The van der Waals surface area contributed by atoms with Crippen LogP contribution in [0.3, 0.4) is 0 Å². The third kappa shape index (κ3) is 4.47. The number of nitrogens with one attached hydrogen (secondary N) is 1. The van der Waals surface area contributed by atoms with Crippen molar-refractivity contribution < 1.29 is 14.3 Å². The summed E-state index contributed by atoms with van der Waals surface area (Å²) in [6.45, 7) is 0. The highest BCUT2D eigenvalue weighted by molar-refractivity contribution is 5.93. The molecule has 3 atom stereocenters. The van der Waals surface area contributed by atoms with Crippen LogP contribution in [0.25, 0.3) is 0 Å². The van der Waals surface area contributed by atoms with E-state index < -0.39 is 0 Å². The summed E-state index contributed by atoms with van der Waals surface area (Å²) in [5.74, 6) is 0.635. The Morgan fingerprint density at radius 3 is 2.65 bits per heavy atom. The SMILES string of the molecule is COc1ccc(C[C@@H]2C[C@@H]3NC(=O)CCCC[C@H]3N2C(=O)c2ccc(=O)n(C)n2)cc1. The predicted molar refractivity (Wildman–Crippen MR) is 115 cm³/mol. The largest absolute Gasteiger partial charge is 0.497 e. The topological polar surface area (TPSA) is 93.5 Å². The molecule has 4 rings (SSSR count). The third-order valence-electron chi connectivity index (χ3n) is 6.29. The van der Waals surface area contributed by atoms with Gasteiger partial charge in [0.1, 0.15) is 11.4 Å². The number of carbonyl (C=O) groups excluding carboxylic acids is 2. The summed E-state index contributed by atoms with van der Waals surface area (Å²) in [6, 6.07) is 10.5. The van der Waals surface area contributed by atoms with Crippen LogP contribution in [-0.4, -0.2) is 51.7 Å². The Morgan fingerprint density at radius 2 is 1.94 bits per heavy atom. The molecular weight excluding hydrogens is 396 g/mol. The lowest BCUT2D eigenvalue weighted by molar-refractivity contribution is -0.122. The van der Waals surface area contributed by atoms with Gasteiger partial charge >= 0.3 is 0 Å². The number of hydrogen-bond donors (Lipinski definition) is 1. The van der Waals surface area contributed by atoms with E-state index in [1.54, 1.807) is 7.11 Å². The van der Waals surface area contributed by atoms with E-state index in [9.17, 15) is 14.4 Å². The van der Waals surface area contributed by atoms with Gasteiger partial charge in [-0.2, -0.15) is 5.10 Å². The van der Waals surface area contributed by atoms with Gasteiger partial charge in [-0.15, -0.1) is 0 Å². The van der Waals surface area contributed by atoms with Crippen molar-refractivity contribution in [3.8, 4) is 5.75 Å². The number of aryl methyl sites for hydroxylation is 1. The molecule has 2 saturated heterocycles.